The van der Waals surface area contributed by atoms with E-state index in [2.05, 4.69) is 24.5 Å². The minimum absolute atomic E-state index is 0.278. The van der Waals surface area contributed by atoms with Gasteiger partial charge in [0.1, 0.15) is 0 Å². The molecule has 1 aliphatic heterocycles. The van der Waals surface area contributed by atoms with Crippen molar-refractivity contribution in [3.05, 3.63) is 0 Å². The van der Waals surface area contributed by atoms with Gasteiger partial charge < -0.3 is 10.6 Å². The van der Waals surface area contributed by atoms with Gasteiger partial charge in [0, 0.05) is 18.5 Å². The van der Waals surface area contributed by atoms with Crippen LogP contribution in [-0.2, 0) is 4.79 Å². The van der Waals surface area contributed by atoms with Crippen molar-refractivity contribution < 1.29 is 4.79 Å². The predicted octanol–water partition coefficient (Wildman–Crippen LogP) is 1.93. The smallest absolute Gasteiger partial charge is 0.223 e. The third-order valence-corrected chi connectivity index (χ3v) is 4.54. The summed E-state index contributed by atoms with van der Waals surface area (Å²) < 4.78 is 0. The Hall–Kier alpha value is -0.570. The molecule has 3 heteroatoms. The van der Waals surface area contributed by atoms with Crippen molar-refractivity contribution >= 4 is 5.91 Å². The van der Waals surface area contributed by atoms with Crippen molar-refractivity contribution in [3.63, 3.8) is 0 Å². The van der Waals surface area contributed by atoms with Crippen LogP contribution in [0.25, 0.3) is 0 Å². The molecule has 2 unspecified atom stereocenters. The van der Waals surface area contributed by atoms with E-state index in [1.165, 1.54) is 19.3 Å². The lowest BCUT2D eigenvalue weighted by Crippen LogP contribution is -2.51. The average molecular weight is 238 g/mol. The van der Waals surface area contributed by atoms with E-state index in [4.69, 9.17) is 0 Å². The van der Waals surface area contributed by atoms with E-state index in [0.717, 1.165) is 31.8 Å². The molecule has 1 saturated carbocycles. The topological polar surface area (TPSA) is 41.1 Å². The molecule has 2 rings (SSSR count). The van der Waals surface area contributed by atoms with Crippen LogP contribution < -0.4 is 10.6 Å². The van der Waals surface area contributed by atoms with Gasteiger partial charge in [-0.3, -0.25) is 4.79 Å². The first kappa shape index (κ1) is 12.9. The number of nitrogens with one attached hydrogen (secondary N) is 2. The van der Waals surface area contributed by atoms with E-state index >= 15 is 0 Å². The first-order valence-electron chi connectivity index (χ1n) is 7.18. The van der Waals surface area contributed by atoms with Gasteiger partial charge in [-0.05, 0) is 50.5 Å². The van der Waals surface area contributed by atoms with Crippen LogP contribution in [0.15, 0.2) is 0 Å². The van der Waals surface area contributed by atoms with Gasteiger partial charge >= 0.3 is 0 Å². The van der Waals surface area contributed by atoms with E-state index in [1.54, 1.807) is 0 Å². The summed E-state index contributed by atoms with van der Waals surface area (Å²) >= 11 is 0. The number of hydrogen-bond donors (Lipinski definition) is 2. The lowest BCUT2D eigenvalue weighted by molar-refractivity contribution is -0.127. The van der Waals surface area contributed by atoms with Gasteiger partial charge in [0.15, 0.2) is 0 Å². The standard InChI is InChI=1S/C14H26N2O/c1-10-3-5-12(6-4-10)14(17)16-13-9-15-8-7-11(13)2/h10-13,15H,3-9H2,1-2H3,(H,16,17). The Morgan fingerprint density at radius 1 is 1.12 bits per heavy atom. The highest BCUT2D eigenvalue weighted by Gasteiger charge is 2.28. The molecular formula is C14H26N2O. The van der Waals surface area contributed by atoms with Gasteiger partial charge in [-0.25, -0.2) is 0 Å². The Kier molecular flexibility index (Phi) is 4.43. The SMILES string of the molecule is CC1CCC(C(=O)NC2CNCCC2C)CC1. The summed E-state index contributed by atoms with van der Waals surface area (Å²) in [7, 11) is 0. The fourth-order valence-corrected chi connectivity index (χ4v) is 3.01. The summed E-state index contributed by atoms with van der Waals surface area (Å²) in [5, 5.41) is 6.62. The third-order valence-electron chi connectivity index (χ3n) is 4.54. The summed E-state index contributed by atoms with van der Waals surface area (Å²) in [5.41, 5.74) is 0. The van der Waals surface area contributed by atoms with Gasteiger partial charge in [0.05, 0.1) is 0 Å². The first-order chi connectivity index (χ1) is 8.16. The Morgan fingerprint density at radius 3 is 2.47 bits per heavy atom. The summed E-state index contributed by atoms with van der Waals surface area (Å²) in [5.74, 6) is 2.01. The van der Waals surface area contributed by atoms with Gasteiger partial charge in [-0.15, -0.1) is 0 Å². The van der Waals surface area contributed by atoms with Crippen molar-refractivity contribution in [3.8, 4) is 0 Å². The van der Waals surface area contributed by atoms with Crippen molar-refractivity contribution in [2.45, 2.75) is 52.0 Å². The lowest BCUT2D eigenvalue weighted by atomic mass is 9.82. The summed E-state index contributed by atoms with van der Waals surface area (Å²) in [4.78, 5) is 12.2. The number of piperidine rings is 1. The monoisotopic (exact) mass is 238 g/mol. The quantitative estimate of drug-likeness (QED) is 0.772. The predicted molar refractivity (Wildman–Crippen MR) is 69.7 cm³/mol. The molecule has 2 N–H and O–H groups in total. The molecule has 0 radical (unpaired) electrons. The van der Waals surface area contributed by atoms with Gasteiger partial charge in [0.25, 0.3) is 0 Å². The van der Waals surface area contributed by atoms with E-state index < -0.39 is 0 Å². The Labute approximate surface area is 105 Å². The minimum atomic E-state index is 0.278. The Bertz CT molecular complexity index is 259. The number of rotatable bonds is 2. The second kappa shape index (κ2) is 5.85. The molecule has 1 heterocycles. The van der Waals surface area contributed by atoms with E-state index in [0.29, 0.717) is 17.9 Å². The van der Waals surface area contributed by atoms with Gasteiger partial charge in [-0.2, -0.15) is 0 Å². The molecule has 2 aliphatic rings. The molecule has 2 atom stereocenters. The van der Waals surface area contributed by atoms with Crippen LogP contribution in [0.1, 0.15) is 46.0 Å². The van der Waals surface area contributed by atoms with Crippen LogP contribution in [0.2, 0.25) is 0 Å². The highest BCUT2D eigenvalue weighted by Crippen LogP contribution is 2.28. The molecule has 0 spiro atoms. The molecule has 2 fully saturated rings. The van der Waals surface area contributed by atoms with E-state index in [-0.39, 0.29) is 5.92 Å². The highest BCUT2D eigenvalue weighted by atomic mass is 16.1. The second-order valence-corrected chi connectivity index (χ2v) is 6.04. The summed E-state index contributed by atoms with van der Waals surface area (Å²) in [6, 6.07) is 0.343. The molecule has 0 aromatic carbocycles. The molecule has 1 amide bonds. The number of amides is 1. The van der Waals surface area contributed by atoms with Crippen molar-refractivity contribution in [1.82, 2.24) is 10.6 Å². The van der Waals surface area contributed by atoms with Crippen LogP contribution >= 0.6 is 0 Å². The van der Waals surface area contributed by atoms with Gasteiger partial charge in [0.2, 0.25) is 5.91 Å². The number of hydrogen-bond acceptors (Lipinski definition) is 2. The van der Waals surface area contributed by atoms with Crippen LogP contribution in [0, 0.1) is 17.8 Å². The zero-order chi connectivity index (χ0) is 12.3. The molecule has 0 aromatic rings. The Balaban J connectivity index is 1.79. The number of carbonyl (C=O) groups is 1. The van der Waals surface area contributed by atoms with Crippen molar-refractivity contribution in [2.75, 3.05) is 13.1 Å². The second-order valence-electron chi connectivity index (χ2n) is 6.04. The minimum Gasteiger partial charge on any atom is -0.352 e. The lowest BCUT2D eigenvalue weighted by Gasteiger charge is -2.33. The maximum atomic E-state index is 12.2. The maximum absolute atomic E-state index is 12.2. The molecule has 98 valence electrons. The highest BCUT2D eigenvalue weighted by molar-refractivity contribution is 5.79. The summed E-state index contributed by atoms with van der Waals surface area (Å²) in [6.07, 6.45) is 5.78. The normalized spacial score (nSPS) is 38.7. The zero-order valence-corrected chi connectivity index (χ0v) is 11.2. The molecular weight excluding hydrogens is 212 g/mol. The fourth-order valence-electron chi connectivity index (χ4n) is 3.01. The molecule has 0 aromatic heterocycles. The molecule has 0 bridgehead atoms. The van der Waals surface area contributed by atoms with Crippen molar-refractivity contribution in [1.29, 1.82) is 0 Å². The zero-order valence-electron chi connectivity index (χ0n) is 11.2. The molecule has 3 nitrogen and oxygen atoms in total. The van der Waals surface area contributed by atoms with Crippen LogP contribution in [0.5, 0.6) is 0 Å². The molecule has 17 heavy (non-hydrogen) atoms. The molecule has 1 saturated heterocycles. The average Bonchev–Trinajstić information content (AvgIpc) is 2.33. The van der Waals surface area contributed by atoms with Crippen LogP contribution in [0.3, 0.4) is 0 Å². The van der Waals surface area contributed by atoms with E-state index in [1.807, 2.05) is 0 Å². The molecule has 1 aliphatic carbocycles. The van der Waals surface area contributed by atoms with Gasteiger partial charge in [-0.1, -0.05) is 13.8 Å². The maximum Gasteiger partial charge on any atom is 0.223 e. The van der Waals surface area contributed by atoms with Crippen molar-refractivity contribution in [2.24, 2.45) is 17.8 Å². The number of carbonyl (C=O) groups excluding carboxylic acids is 1. The third kappa shape index (κ3) is 3.44. The largest absolute Gasteiger partial charge is 0.352 e. The fraction of sp³-hybridized carbons (Fsp3) is 0.929. The van der Waals surface area contributed by atoms with Crippen LogP contribution in [0.4, 0.5) is 0 Å². The Morgan fingerprint density at radius 2 is 1.82 bits per heavy atom. The van der Waals surface area contributed by atoms with E-state index in [9.17, 15) is 4.79 Å². The first-order valence-corrected chi connectivity index (χ1v) is 7.18. The van der Waals surface area contributed by atoms with Crippen LogP contribution in [-0.4, -0.2) is 25.0 Å². The summed E-state index contributed by atoms with van der Waals surface area (Å²) in [6.45, 7) is 6.57.